The Morgan fingerprint density at radius 2 is 1.50 bits per heavy atom. The Hall–Kier alpha value is -3.67. The summed E-state index contributed by atoms with van der Waals surface area (Å²) < 4.78 is 0. The molecular weight excluding hydrogens is 490 g/mol. The summed E-state index contributed by atoms with van der Waals surface area (Å²) in [5, 5.41) is 17.4. The van der Waals surface area contributed by atoms with Crippen LogP contribution in [0.2, 0.25) is 0 Å². The lowest BCUT2D eigenvalue weighted by Gasteiger charge is -2.27. The van der Waals surface area contributed by atoms with Crippen molar-refractivity contribution in [1.29, 1.82) is 0 Å². The molecule has 0 bridgehead atoms. The molecule has 1 aromatic rings. The second kappa shape index (κ2) is 16.2. The largest absolute Gasteiger partial charge is 0.480 e. The second-order valence-corrected chi connectivity index (χ2v) is 10.1. The maximum absolute atomic E-state index is 13.2. The van der Waals surface area contributed by atoms with Gasteiger partial charge in [0.1, 0.15) is 18.1 Å². The summed E-state index contributed by atoms with van der Waals surface area (Å²) in [5.74, 6) is -3.28. The minimum Gasteiger partial charge on any atom is -0.480 e. The molecule has 0 aliphatic carbocycles. The van der Waals surface area contributed by atoms with Gasteiger partial charge in [0.25, 0.3) is 0 Å². The first-order chi connectivity index (χ1) is 17.8. The molecular formula is C26H43N7O5. The fourth-order valence-corrected chi connectivity index (χ4v) is 3.75. The number of rotatable bonds is 16. The molecule has 0 aliphatic heterocycles. The molecule has 0 fully saturated rings. The van der Waals surface area contributed by atoms with Crippen LogP contribution < -0.4 is 33.2 Å². The number of aliphatic imine (C=N–C) groups is 1. The third-order valence-electron chi connectivity index (χ3n) is 5.78. The van der Waals surface area contributed by atoms with Crippen LogP contribution in [0.3, 0.4) is 0 Å². The van der Waals surface area contributed by atoms with Gasteiger partial charge in [-0.2, -0.15) is 0 Å². The molecule has 4 unspecified atom stereocenters. The van der Waals surface area contributed by atoms with Gasteiger partial charge >= 0.3 is 5.97 Å². The standard InChI is InChI=1S/C26H43N7O5/c1-15(2)13-20(32-22(34)18(27)14-17-9-6-5-7-10-17)23(35)33-21(16(3)4)24(36)31-19(25(37)38)11-8-12-30-26(28)29/h5-7,9-10,15-16,18-21H,8,11-14,27H2,1-4H3,(H,31,36)(H,32,34)(H,33,35)(H,37,38)(H4,28,29,30). The summed E-state index contributed by atoms with van der Waals surface area (Å²) in [5.41, 5.74) is 17.5. The number of aliphatic carboxylic acids is 1. The van der Waals surface area contributed by atoms with Gasteiger partial charge in [-0.1, -0.05) is 58.0 Å². The number of hydrogen-bond donors (Lipinski definition) is 7. The predicted octanol–water partition coefficient (Wildman–Crippen LogP) is -0.149. The fraction of sp³-hybridized carbons (Fsp3) is 0.577. The van der Waals surface area contributed by atoms with Gasteiger partial charge in [0, 0.05) is 6.54 Å². The van der Waals surface area contributed by atoms with Gasteiger partial charge in [-0.3, -0.25) is 19.4 Å². The third-order valence-corrected chi connectivity index (χ3v) is 5.78. The highest BCUT2D eigenvalue weighted by molar-refractivity contribution is 5.94. The van der Waals surface area contributed by atoms with E-state index in [2.05, 4.69) is 20.9 Å². The summed E-state index contributed by atoms with van der Waals surface area (Å²) in [6.07, 6.45) is 1.06. The monoisotopic (exact) mass is 533 g/mol. The summed E-state index contributed by atoms with van der Waals surface area (Å²) in [6, 6.07) is 5.31. The molecule has 0 heterocycles. The molecule has 3 amide bonds. The number of benzene rings is 1. The molecule has 0 aliphatic rings. The number of carbonyl (C=O) groups excluding carboxylic acids is 3. The van der Waals surface area contributed by atoms with E-state index in [0.29, 0.717) is 19.3 Å². The molecule has 10 N–H and O–H groups in total. The Labute approximate surface area is 224 Å². The quantitative estimate of drug-likeness (QED) is 0.0859. The molecule has 12 nitrogen and oxygen atoms in total. The lowest BCUT2D eigenvalue weighted by molar-refractivity contribution is -0.142. The highest BCUT2D eigenvalue weighted by Gasteiger charge is 2.32. The van der Waals surface area contributed by atoms with Crippen LogP contribution in [0.25, 0.3) is 0 Å². The molecule has 212 valence electrons. The Kier molecular flexibility index (Phi) is 13.8. The van der Waals surface area contributed by atoms with Crippen molar-refractivity contribution in [2.75, 3.05) is 6.54 Å². The van der Waals surface area contributed by atoms with Gasteiger partial charge in [-0.25, -0.2) is 4.79 Å². The van der Waals surface area contributed by atoms with Crippen molar-refractivity contribution < 1.29 is 24.3 Å². The molecule has 12 heteroatoms. The normalized spacial score (nSPS) is 14.2. The first-order valence-corrected chi connectivity index (χ1v) is 12.8. The van der Waals surface area contributed by atoms with Gasteiger partial charge in [-0.15, -0.1) is 0 Å². The minimum absolute atomic E-state index is 0.0596. The van der Waals surface area contributed by atoms with E-state index in [1.165, 1.54) is 0 Å². The molecule has 0 saturated carbocycles. The van der Waals surface area contributed by atoms with Gasteiger partial charge in [0.05, 0.1) is 6.04 Å². The van der Waals surface area contributed by atoms with Crippen molar-refractivity contribution in [3.05, 3.63) is 35.9 Å². The number of carboxylic acids is 1. The average Bonchev–Trinajstić information content (AvgIpc) is 2.83. The first kappa shape index (κ1) is 32.4. The Morgan fingerprint density at radius 1 is 0.895 bits per heavy atom. The number of hydrogen-bond acceptors (Lipinski definition) is 6. The van der Waals surface area contributed by atoms with E-state index >= 15 is 0 Å². The summed E-state index contributed by atoms with van der Waals surface area (Å²) in [6.45, 7) is 7.48. The Balaban J connectivity index is 2.89. The zero-order valence-corrected chi connectivity index (χ0v) is 22.6. The number of nitrogens with two attached hydrogens (primary N) is 3. The van der Waals surface area contributed by atoms with E-state index in [1.807, 2.05) is 44.2 Å². The molecule has 0 spiro atoms. The van der Waals surface area contributed by atoms with Crippen LogP contribution in [0.5, 0.6) is 0 Å². The van der Waals surface area contributed by atoms with E-state index in [0.717, 1.165) is 5.56 Å². The van der Waals surface area contributed by atoms with Crippen molar-refractivity contribution in [2.24, 2.45) is 34.0 Å². The lowest BCUT2D eigenvalue weighted by Crippen LogP contribution is -2.58. The Bertz CT molecular complexity index is 949. The van der Waals surface area contributed by atoms with Crippen LogP contribution >= 0.6 is 0 Å². The van der Waals surface area contributed by atoms with Gasteiger partial charge < -0.3 is 38.3 Å². The maximum Gasteiger partial charge on any atom is 0.326 e. The molecule has 1 aromatic carbocycles. The SMILES string of the molecule is CC(C)CC(NC(=O)C(N)Cc1ccccc1)C(=O)NC(C(=O)NC(CCCN=C(N)N)C(=O)O)C(C)C. The van der Waals surface area contributed by atoms with Crippen LogP contribution in [0.1, 0.15) is 52.5 Å². The lowest BCUT2D eigenvalue weighted by atomic mass is 9.98. The summed E-state index contributed by atoms with van der Waals surface area (Å²) >= 11 is 0. The zero-order chi connectivity index (χ0) is 28.8. The van der Waals surface area contributed by atoms with Crippen molar-refractivity contribution in [2.45, 2.75) is 77.5 Å². The van der Waals surface area contributed by atoms with Crippen molar-refractivity contribution in [3.63, 3.8) is 0 Å². The predicted molar refractivity (Wildman–Crippen MR) is 146 cm³/mol. The van der Waals surface area contributed by atoms with Crippen molar-refractivity contribution in [1.82, 2.24) is 16.0 Å². The minimum atomic E-state index is -1.21. The number of guanidine groups is 1. The third kappa shape index (κ3) is 12.0. The number of amides is 3. The number of carboxylic acid groups (broad SMARTS) is 1. The van der Waals surface area contributed by atoms with Gasteiger partial charge in [-0.05, 0) is 43.1 Å². The summed E-state index contributed by atoms with van der Waals surface area (Å²) in [7, 11) is 0. The topological polar surface area (TPSA) is 215 Å². The van der Waals surface area contributed by atoms with Gasteiger partial charge in [0.15, 0.2) is 5.96 Å². The number of carbonyl (C=O) groups is 4. The van der Waals surface area contributed by atoms with E-state index in [1.54, 1.807) is 13.8 Å². The van der Waals surface area contributed by atoms with Crippen LogP contribution in [0.15, 0.2) is 35.3 Å². The Morgan fingerprint density at radius 3 is 2.03 bits per heavy atom. The zero-order valence-electron chi connectivity index (χ0n) is 22.6. The summed E-state index contributed by atoms with van der Waals surface area (Å²) in [4.78, 5) is 54.5. The van der Waals surface area contributed by atoms with Crippen LogP contribution in [-0.2, 0) is 25.6 Å². The highest BCUT2D eigenvalue weighted by Crippen LogP contribution is 2.10. The van der Waals surface area contributed by atoms with E-state index in [-0.39, 0.29) is 30.8 Å². The van der Waals surface area contributed by atoms with Crippen LogP contribution in [0, 0.1) is 11.8 Å². The fourth-order valence-electron chi connectivity index (χ4n) is 3.75. The first-order valence-electron chi connectivity index (χ1n) is 12.8. The highest BCUT2D eigenvalue weighted by atomic mass is 16.4. The smallest absolute Gasteiger partial charge is 0.326 e. The number of nitrogens with one attached hydrogen (secondary N) is 3. The van der Waals surface area contributed by atoms with E-state index < -0.39 is 47.9 Å². The number of nitrogens with zero attached hydrogens (tertiary/aromatic N) is 1. The van der Waals surface area contributed by atoms with Crippen LogP contribution in [-0.4, -0.2) is 65.5 Å². The van der Waals surface area contributed by atoms with Crippen molar-refractivity contribution in [3.8, 4) is 0 Å². The average molecular weight is 534 g/mol. The molecule has 0 radical (unpaired) electrons. The molecule has 0 aromatic heterocycles. The van der Waals surface area contributed by atoms with Crippen molar-refractivity contribution >= 4 is 29.7 Å². The molecule has 4 atom stereocenters. The van der Waals surface area contributed by atoms with E-state index in [9.17, 15) is 24.3 Å². The van der Waals surface area contributed by atoms with Gasteiger partial charge in [0.2, 0.25) is 17.7 Å². The molecule has 38 heavy (non-hydrogen) atoms. The molecule has 0 saturated heterocycles. The maximum atomic E-state index is 13.2. The second-order valence-electron chi connectivity index (χ2n) is 10.1. The van der Waals surface area contributed by atoms with Crippen LogP contribution in [0.4, 0.5) is 0 Å². The molecule has 1 rings (SSSR count). The van der Waals surface area contributed by atoms with E-state index in [4.69, 9.17) is 17.2 Å².